The zero-order valence-electron chi connectivity index (χ0n) is 18.8. The summed E-state index contributed by atoms with van der Waals surface area (Å²) in [4.78, 5) is 30.5. The Bertz CT molecular complexity index is 1650. The van der Waals surface area contributed by atoms with E-state index >= 15 is 0 Å². The summed E-state index contributed by atoms with van der Waals surface area (Å²) in [5.74, 6) is 0.215. The average molecular weight is 473 g/mol. The summed E-state index contributed by atoms with van der Waals surface area (Å²) >= 11 is 6.17. The van der Waals surface area contributed by atoms with Crippen LogP contribution < -0.4 is 15.6 Å². The van der Waals surface area contributed by atoms with E-state index in [-0.39, 0.29) is 11.5 Å². The van der Waals surface area contributed by atoms with Gasteiger partial charge in [-0.05, 0) is 73.5 Å². The maximum atomic E-state index is 13.1. The van der Waals surface area contributed by atoms with Gasteiger partial charge in [-0.15, -0.1) is 0 Å². The number of halogens is 1. The number of hydrogen-bond acceptors (Lipinski definition) is 4. The first-order chi connectivity index (χ1) is 16.4. The van der Waals surface area contributed by atoms with E-state index in [0.717, 1.165) is 16.8 Å². The van der Waals surface area contributed by atoms with E-state index in [1.807, 2.05) is 32.0 Å². The molecule has 2 aromatic heterocycles. The third-order valence-electron chi connectivity index (χ3n) is 5.95. The lowest BCUT2D eigenvalue weighted by molar-refractivity contribution is 0.102. The number of aromatic amines is 1. The number of anilines is 1. The van der Waals surface area contributed by atoms with Crippen molar-refractivity contribution in [3.63, 3.8) is 0 Å². The highest BCUT2D eigenvalue weighted by Crippen LogP contribution is 2.28. The number of nitrogens with one attached hydrogen (secondary N) is 2. The van der Waals surface area contributed by atoms with Crippen molar-refractivity contribution in [1.82, 2.24) is 14.8 Å². The fraction of sp³-hybridized carbons (Fsp3) is 0.115. The maximum Gasteiger partial charge on any atom is 0.280 e. The number of hydrogen-bond donors (Lipinski definition) is 2. The van der Waals surface area contributed by atoms with Crippen LogP contribution in [0.4, 0.5) is 5.69 Å². The fourth-order valence-corrected chi connectivity index (χ4v) is 4.15. The Labute approximate surface area is 199 Å². The number of aromatic nitrogens is 3. The number of rotatable bonds is 4. The molecule has 0 saturated carbocycles. The minimum absolute atomic E-state index is 0.199. The molecule has 34 heavy (non-hydrogen) atoms. The highest BCUT2D eigenvalue weighted by Gasteiger charge is 2.15. The van der Waals surface area contributed by atoms with Crippen LogP contribution in [0.5, 0.6) is 5.75 Å². The van der Waals surface area contributed by atoms with Gasteiger partial charge in [0.25, 0.3) is 11.5 Å². The number of carbonyl (C=O) groups is 1. The molecule has 2 heterocycles. The van der Waals surface area contributed by atoms with Gasteiger partial charge >= 0.3 is 0 Å². The summed E-state index contributed by atoms with van der Waals surface area (Å²) in [5, 5.41) is 7.57. The molecule has 2 N–H and O–H groups in total. The van der Waals surface area contributed by atoms with Gasteiger partial charge in [-0.1, -0.05) is 17.7 Å². The Hall–Kier alpha value is -4.10. The predicted octanol–water partition coefficient (Wildman–Crippen LogP) is 5.40. The Morgan fingerprint density at radius 1 is 1.03 bits per heavy atom. The van der Waals surface area contributed by atoms with Gasteiger partial charge in [0.05, 0.1) is 34.2 Å². The van der Waals surface area contributed by atoms with Crippen molar-refractivity contribution in [3.8, 4) is 11.4 Å². The van der Waals surface area contributed by atoms with E-state index in [1.165, 1.54) is 11.8 Å². The molecule has 0 bridgehead atoms. The normalized spacial score (nSPS) is 11.2. The number of H-pyrrole nitrogens is 1. The fourth-order valence-electron chi connectivity index (χ4n) is 3.89. The van der Waals surface area contributed by atoms with Crippen LogP contribution in [-0.4, -0.2) is 27.8 Å². The molecule has 8 heteroatoms. The largest absolute Gasteiger partial charge is 0.495 e. The van der Waals surface area contributed by atoms with E-state index < -0.39 is 0 Å². The number of aryl methyl sites for hydroxylation is 2. The van der Waals surface area contributed by atoms with Crippen molar-refractivity contribution >= 4 is 45.0 Å². The Kier molecular flexibility index (Phi) is 5.34. The first kappa shape index (κ1) is 21.7. The van der Waals surface area contributed by atoms with E-state index in [1.54, 1.807) is 42.6 Å². The number of fused-ring (bicyclic) bond motifs is 3. The Balaban J connectivity index is 1.57. The second-order valence-corrected chi connectivity index (χ2v) is 8.51. The number of methoxy groups -OCH3 is 1. The molecule has 1 amide bonds. The molecule has 7 nitrogen and oxygen atoms in total. The van der Waals surface area contributed by atoms with Gasteiger partial charge in [0.2, 0.25) is 0 Å². The molecule has 0 atom stereocenters. The summed E-state index contributed by atoms with van der Waals surface area (Å²) < 4.78 is 6.66. The molecule has 0 aliphatic carbocycles. The van der Waals surface area contributed by atoms with Crippen LogP contribution >= 0.6 is 11.6 Å². The molecule has 0 spiro atoms. The van der Waals surface area contributed by atoms with E-state index in [9.17, 15) is 9.59 Å². The summed E-state index contributed by atoms with van der Waals surface area (Å²) in [6, 6.07) is 16.0. The summed E-state index contributed by atoms with van der Waals surface area (Å²) in [7, 11) is 1.53. The molecule has 0 unspecified atom stereocenters. The standard InChI is InChI=1S/C26H21ClN4O3/c1-14-4-7-18(10-15(14)2)31-26(33)20-13-28-22-8-5-16(11-19(22)24(20)30-31)25(32)29-17-6-9-23(34-3)21(27)12-17/h4-13,30H,1-3H3,(H,29,32). The van der Waals surface area contributed by atoms with Crippen molar-refractivity contribution < 1.29 is 9.53 Å². The first-order valence-corrected chi connectivity index (χ1v) is 11.0. The maximum absolute atomic E-state index is 13.1. The van der Waals surface area contributed by atoms with Crippen molar-refractivity contribution in [3.05, 3.63) is 92.9 Å². The van der Waals surface area contributed by atoms with Gasteiger partial charge in [0.1, 0.15) is 5.75 Å². The molecule has 170 valence electrons. The molecule has 0 aliphatic rings. The van der Waals surface area contributed by atoms with Crippen molar-refractivity contribution in [1.29, 1.82) is 0 Å². The van der Waals surface area contributed by atoms with Crippen LogP contribution in [0.1, 0.15) is 21.5 Å². The van der Waals surface area contributed by atoms with Crippen LogP contribution in [0, 0.1) is 13.8 Å². The smallest absolute Gasteiger partial charge is 0.280 e. The lowest BCUT2D eigenvalue weighted by Gasteiger charge is -2.09. The van der Waals surface area contributed by atoms with Gasteiger partial charge in [-0.3, -0.25) is 19.7 Å². The van der Waals surface area contributed by atoms with Crippen LogP contribution in [0.25, 0.3) is 27.5 Å². The van der Waals surface area contributed by atoms with Gasteiger partial charge in [-0.25, -0.2) is 4.68 Å². The zero-order valence-corrected chi connectivity index (χ0v) is 19.5. The van der Waals surface area contributed by atoms with Crippen molar-refractivity contribution in [2.45, 2.75) is 13.8 Å². The average Bonchev–Trinajstić information content (AvgIpc) is 3.17. The number of benzene rings is 3. The Morgan fingerprint density at radius 2 is 1.85 bits per heavy atom. The van der Waals surface area contributed by atoms with Gasteiger partial charge < -0.3 is 10.1 Å². The topological polar surface area (TPSA) is 89.0 Å². The van der Waals surface area contributed by atoms with Gasteiger partial charge in [0.15, 0.2) is 0 Å². The summed E-state index contributed by atoms with van der Waals surface area (Å²) in [6.07, 6.45) is 1.56. The predicted molar refractivity (Wildman–Crippen MR) is 135 cm³/mol. The quantitative estimate of drug-likeness (QED) is 0.366. The number of amides is 1. The molecule has 0 saturated heterocycles. The van der Waals surface area contributed by atoms with E-state index in [4.69, 9.17) is 16.3 Å². The second kappa shape index (κ2) is 8.35. The zero-order chi connectivity index (χ0) is 24.0. The highest BCUT2D eigenvalue weighted by molar-refractivity contribution is 6.32. The minimum Gasteiger partial charge on any atom is -0.495 e. The van der Waals surface area contributed by atoms with Crippen molar-refractivity contribution in [2.24, 2.45) is 0 Å². The van der Waals surface area contributed by atoms with Crippen molar-refractivity contribution in [2.75, 3.05) is 12.4 Å². The number of ether oxygens (including phenoxy) is 1. The monoisotopic (exact) mass is 472 g/mol. The highest BCUT2D eigenvalue weighted by atomic mass is 35.5. The van der Waals surface area contributed by atoms with Gasteiger partial charge in [0, 0.05) is 22.8 Å². The first-order valence-electron chi connectivity index (χ1n) is 10.6. The molecule has 0 radical (unpaired) electrons. The van der Waals surface area contributed by atoms with Gasteiger partial charge in [-0.2, -0.15) is 0 Å². The molecule has 5 rings (SSSR count). The number of pyridine rings is 1. The third kappa shape index (κ3) is 3.70. The molecule has 5 aromatic rings. The molecular formula is C26H21ClN4O3. The number of carbonyl (C=O) groups excluding carboxylic acids is 1. The minimum atomic E-state index is -0.309. The number of nitrogens with zero attached hydrogens (tertiary/aromatic N) is 2. The summed E-state index contributed by atoms with van der Waals surface area (Å²) in [6.45, 7) is 4.03. The molecule has 0 aliphatic heterocycles. The van der Waals surface area contributed by atoms with E-state index in [2.05, 4.69) is 15.4 Å². The second-order valence-electron chi connectivity index (χ2n) is 8.10. The SMILES string of the molecule is COc1ccc(NC(=O)c2ccc3ncc4c(=O)n(-c5ccc(C)c(C)c5)[nH]c4c3c2)cc1Cl. The molecular weight excluding hydrogens is 452 g/mol. The Morgan fingerprint density at radius 3 is 2.59 bits per heavy atom. The van der Waals surface area contributed by atoms with Crippen LogP contribution in [0.15, 0.2) is 65.6 Å². The van der Waals surface area contributed by atoms with Crippen LogP contribution in [-0.2, 0) is 0 Å². The molecule has 3 aromatic carbocycles. The summed E-state index contributed by atoms with van der Waals surface area (Å²) in [5.41, 5.74) is 5.03. The van der Waals surface area contributed by atoms with Crippen LogP contribution in [0.2, 0.25) is 5.02 Å². The van der Waals surface area contributed by atoms with E-state index in [0.29, 0.717) is 43.8 Å². The lowest BCUT2D eigenvalue weighted by Crippen LogP contribution is -2.14. The van der Waals surface area contributed by atoms with Crippen LogP contribution in [0.3, 0.4) is 0 Å². The lowest BCUT2D eigenvalue weighted by atomic mass is 10.1. The third-order valence-corrected chi connectivity index (χ3v) is 6.24. The molecule has 0 fully saturated rings.